The molecule has 34 heavy (non-hydrogen) atoms. The van der Waals surface area contributed by atoms with Gasteiger partial charge in [-0.2, -0.15) is 0 Å². The summed E-state index contributed by atoms with van der Waals surface area (Å²) in [5.41, 5.74) is -0.0889. The number of carbonyl (C=O) groups is 3. The van der Waals surface area contributed by atoms with Crippen LogP contribution >= 0.6 is 0 Å². The molecule has 1 saturated heterocycles. The van der Waals surface area contributed by atoms with E-state index >= 15 is 0 Å². The Balaban J connectivity index is 3.13. The normalized spacial score (nSPS) is 19.4. The summed E-state index contributed by atoms with van der Waals surface area (Å²) in [4.78, 5) is 42.8. The van der Waals surface area contributed by atoms with E-state index in [4.69, 9.17) is 11.2 Å². The van der Waals surface area contributed by atoms with E-state index in [-0.39, 0.29) is 35.7 Å². The molecule has 192 valence electrons. The van der Waals surface area contributed by atoms with Crippen LogP contribution in [-0.4, -0.2) is 71.4 Å². The van der Waals surface area contributed by atoms with E-state index in [0.29, 0.717) is 18.6 Å². The third-order valence-corrected chi connectivity index (χ3v) is 6.60. The van der Waals surface area contributed by atoms with Crippen molar-refractivity contribution in [3.05, 3.63) is 11.6 Å². The van der Waals surface area contributed by atoms with Crippen LogP contribution in [0.4, 0.5) is 0 Å². The lowest BCUT2D eigenvalue weighted by Gasteiger charge is -2.43. The smallest absolute Gasteiger partial charge is 0.333 e. The van der Waals surface area contributed by atoms with Crippen molar-refractivity contribution in [3.8, 4) is 12.3 Å². The highest BCUT2D eigenvalue weighted by atomic mass is 16.5. The van der Waals surface area contributed by atoms with Crippen LogP contribution in [0.25, 0.3) is 0 Å². The standard InChI is InChI=1S/C27H45N3O4/c1-11-27(8,9)30-16-14-13-15-21(30)24(31)28-23(19(5)6)25(32)29(10)22(18(3)4)17-20(7)26(33)34-12-2/h1,17-19,21-23H,12-16H2,2-10H3,(H,28,31)/b20-17+/t21-,22-,23?/m1/s1. The molecular formula is C27H45N3O4. The number of nitrogens with one attached hydrogen (secondary N) is 1. The first-order valence-electron chi connectivity index (χ1n) is 12.5. The zero-order chi connectivity index (χ0) is 26.2. The van der Waals surface area contributed by atoms with Crippen molar-refractivity contribution < 1.29 is 19.1 Å². The molecule has 7 nitrogen and oxygen atoms in total. The number of nitrogens with zero attached hydrogens (tertiary/aromatic N) is 2. The van der Waals surface area contributed by atoms with E-state index < -0.39 is 17.6 Å². The van der Waals surface area contributed by atoms with Crippen LogP contribution in [0.3, 0.4) is 0 Å². The van der Waals surface area contributed by atoms with E-state index in [1.165, 1.54) is 0 Å². The van der Waals surface area contributed by atoms with Gasteiger partial charge in [-0.05, 0) is 52.4 Å². The van der Waals surface area contributed by atoms with E-state index in [2.05, 4.69) is 16.1 Å². The number of likely N-dealkylation sites (tertiary alicyclic amines) is 1. The number of carbonyl (C=O) groups excluding carboxylic acids is 3. The van der Waals surface area contributed by atoms with E-state index in [1.807, 2.05) is 41.5 Å². The van der Waals surface area contributed by atoms with Crippen LogP contribution in [0.1, 0.15) is 74.7 Å². The van der Waals surface area contributed by atoms with Gasteiger partial charge in [-0.1, -0.05) is 46.1 Å². The molecule has 0 radical (unpaired) electrons. The molecule has 1 fully saturated rings. The van der Waals surface area contributed by atoms with Gasteiger partial charge in [0.1, 0.15) is 6.04 Å². The highest BCUT2D eigenvalue weighted by Crippen LogP contribution is 2.26. The number of amides is 2. The maximum Gasteiger partial charge on any atom is 0.333 e. The summed E-state index contributed by atoms with van der Waals surface area (Å²) in [7, 11) is 1.72. The zero-order valence-electron chi connectivity index (χ0n) is 22.6. The Morgan fingerprint density at radius 3 is 2.32 bits per heavy atom. The Morgan fingerprint density at radius 2 is 1.82 bits per heavy atom. The molecule has 1 unspecified atom stereocenters. The van der Waals surface area contributed by atoms with Gasteiger partial charge in [0.15, 0.2) is 0 Å². The molecule has 0 spiro atoms. The van der Waals surface area contributed by atoms with Crippen molar-refractivity contribution in [2.45, 2.75) is 98.3 Å². The van der Waals surface area contributed by atoms with Crippen LogP contribution in [0.15, 0.2) is 11.6 Å². The molecule has 1 aliphatic rings. The van der Waals surface area contributed by atoms with Gasteiger partial charge in [-0.3, -0.25) is 14.5 Å². The summed E-state index contributed by atoms with van der Waals surface area (Å²) in [6, 6.07) is -1.37. The first-order valence-corrected chi connectivity index (χ1v) is 12.5. The molecule has 1 N–H and O–H groups in total. The Kier molecular flexibility index (Phi) is 11.3. The van der Waals surface area contributed by atoms with E-state index in [1.54, 1.807) is 31.9 Å². The van der Waals surface area contributed by atoms with Gasteiger partial charge < -0.3 is 15.0 Å². The number of hydrogen-bond donors (Lipinski definition) is 1. The molecule has 0 saturated carbocycles. The molecule has 0 aromatic rings. The Labute approximate surface area is 206 Å². The van der Waals surface area contributed by atoms with Gasteiger partial charge >= 0.3 is 5.97 Å². The van der Waals surface area contributed by atoms with Gasteiger partial charge in [-0.15, -0.1) is 6.42 Å². The molecule has 3 atom stereocenters. The molecule has 1 heterocycles. The lowest BCUT2D eigenvalue weighted by molar-refractivity contribution is -0.141. The largest absolute Gasteiger partial charge is 0.463 e. The van der Waals surface area contributed by atoms with Crippen molar-refractivity contribution in [1.29, 1.82) is 0 Å². The summed E-state index contributed by atoms with van der Waals surface area (Å²) >= 11 is 0. The van der Waals surface area contributed by atoms with Gasteiger partial charge in [-0.25, -0.2) is 4.79 Å². The predicted molar refractivity (Wildman–Crippen MR) is 136 cm³/mol. The zero-order valence-corrected chi connectivity index (χ0v) is 22.6. The molecule has 0 aromatic carbocycles. The second-order valence-corrected chi connectivity index (χ2v) is 10.4. The summed E-state index contributed by atoms with van der Waals surface area (Å²) < 4.78 is 5.09. The molecule has 2 amide bonds. The topological polar surface area (TPSA) is 79.0 Å². The van der Waals surface area contributed by atoms with Crippen molar-refractivity contribution >= 4 is 17.8 Å². The SMILES string of the molecule is C#CC(C)(C)N1CCCC[C@@H]1C(=O)NC(C(=O)N(C)[C@H](/C=C(\C)C(=O)OCC)C(C)C)C(C)C. The Morgan fingerprint density at radius 1 is 1.21 bits per heavy atom. The van der Waals surface area contributed by atoms with Crippen molar-refractivity contribution in [1.82, 2.24) is 15.1 Å². The van der Waals surface area contributed by atoms with E-state index in [0.717, 1.165) is 19.4 Å². The summed E-state index contributed by atoms with van der Waals surface area (Å²) in [5.74, 6) is 2.01. The van der Waals surface area contributed by atoms with Crippen molar-refractivity contribution in [2.75, 3.05) is 20.2 Å². The average molecular weight is 476 g/mol. The molecule has 7 heteroatoms. The van der Waals surface area contributed by atoms with Crippen LogP contribution in [0.5, 0.6) is 0 Å². The monoisotopic (exact) mass is 475 g/mol. The minimum absolute atomic E-state index is 0.0621. The molecular weight excluding hydrogens is 430 g/mol. The Bertz CT molecular complexity index is 794. The number of likely N-dealkylation sites (N-methyl/N-ethyl adjacent to an activating group) is 1. The number of esters is 1. The first kappa shape index (κ1) is 29.7. The maximum absolute atomic E-state index is 13.6. The third-order valence-electron chi connectivity index (χ3n) is 6.60. The second kappa shape index (κ2) is 12.9. The Hall–Kier alpha value is -2.33. The highest BCUT2D eigenvalue weighted by molar-refractivity contribution is 5.91. The minimum atomic E-state index is -0.687. The first-order chi connectivity index (χ1) is 15.8. The third kappa shape index (κ3) is 7.59. The quantitative estimate of drug-likeness (QED) is 0.298. The number of piperidine rings is 1. The van der Waals surface area contributed by atoms with Crippen LogP contribution in [0.2, 0.25) is 0 Å². The molecule has 0 aliphatic carbocycles. The summed E-state index contributed by atoms with van der Waals surface area (Å²) in [6.07, 6.45) is 10.2. The minimum Gasteiger partial charge on any atom is -0.463 e. The fourth-order valence-corrected chi connectivity index (χ4v) is 4.41. The average Bonchev–Trinajstić information content (AvgIpc) is 2.79. The van der Waals surface area contributed by atoms with Crippen LogP contribution < -0.4 is 5.32 Å². The van der Waals surface area contributed by atoms with Crippen molar-refractivity contribution in [3.63, 3.8) is 0 Å². The lowest BCUT2D eigenvalue weighted by atomic mass is 9.92. The predicted octanol–water partition coefficient (Wildman–Crippen LogP) is 3.39. The van der Waals surface area contributed by atoms with Gasteiger partial charge in [0.25, 0.3) is 0 Å². The van der Waals surface area contributed by atoms with Gasteiger partial charge in [0.2, 0.25) is 11.8 Å². The lowest BCUT2D eigenvalue weighted by Crippen LogP contribution is -2.61. The maximum atomic E-state index is 13.6. The fraction of sp³-hybridized carbons (Fsp3) is 0.741. The number of rotatable bonds is 10. The second-order valence-electron chi connectivity index (χ2n) is 10.4. The van der Waals surface area contributed by atoms with Gasteiger partial charge in [0.05, 0.1) is 24.2 Å². The number of ether oxygens (including phenoxy) is 1. The molecule has 1 rings (SSSR count). The molecule has 1 aliphatic heterocycles. The summed E-state index contributed by atoms with van der Waals surface area (Å²) in [5, 5.41) is 3.03. The molecule has 0 aromatic heterocycles. The van der Waals surface area contributed by atoms with Crippen LogP contribution in [0, 0.1) is 24.2 Å². The van der Waals surface area contributed by atoms with Gasteiger partial charge in [0, 0.05) is 19.2 Å². The van der Waals surface area contributed by atoms with Crippen LogP contribution in [-0.2, 0) is 19.1 Å². The van der Waals surface area contributed by atoms with Crippen molar-refractivity contribution in [2.24, 2.45) is 11.8 Å². The highest BCUT2D eigenvalue weighted by Gasteiger charge is 2.39. The fourth-order valence-electron chi connectivity index (χ4n) is 4.41. The van der Waals surface area contributed by atoms with E-state index in [9.17, 15) is 14.4 Å². The number of terminal acetylenes is 1. The number of hydrogen-bond acceptors (Lipinski definition) is 5. The molecule has 0 bridgehead atoms. The summed E-state index contributed by atoms with van der Waals surface area (Å²) in [6.45, 7) is 16.2.